The second-order valence-corrected chi connectivity index (χ2v) is 14.4. The van der Waals surface area contributed by atoms with Gasteiger partial charge in [-0.05, 0) is 52.6 Å². The topological polar surface area (TPSA) is 142 Å². The zero-order chi connectivity index (χ0) is 39.1. The van der Waals surface area contributed by atoms with E-state index in [2.05, 4.69) is 22.0 Å². The highest BCUT2D eigenvalue weighted by Gasteiger charge is 2.44. The molecule has 10 nitrogen and oxygen atoms in total. The van der Waals surface area contributed by atoms with Gasteiger partial charge in [0.05, 0.1) is 29.0 Å². The van der Waals surface area contributed by atoms with Crippen LogP contribution in [0.3, 0.4) is 0 Å². The van der Waals surface area contributed by atoms with E-state index in [9.17, 15) is 24.3 Å². The second-order valence-electron chi connectivity index (χ2n) is 14.4. The number of nitrogens with one attached hydrogen (secondary N) is 1. The molecule has 0 radical (unpaired) electrons. The number of anilines is 3. The summed E-state index contributed by atoms with van der Waals surface area (Å²) in [6.45, 7) is 0. The number of aliphatic carboxylic acids is 1. The van der Waals surface area contributed by atoms with Gasteiger partial charge in [0.15, 0.2) is 0 Å². The first kappa shape index (κ1) is 33.8. The van der Waals surface area contributed by atoms with E-state index in [-0.39, 0.29) is 16.8 Å². The number of carbonyl (C=O) groups is 4. The quantitative estimate of drug-likeness (QED) is 0.119. The third kappa shape index (κ3) is 4.90. The van der Waals surface area contributed by atoms with Gasteiger partial charge in [-0.3, -0.25) is 19.3 Å². The third-order valence-electron chi connectivity index (χ3n) is 11.4. The smallest absolute Gasteiger partial charge is 0.395 e. The highest BCUT2D eigenvalue weighted by Crippen LogP contribution is 2.56. The van der Waals surface area contributed by atoms with Crippen LogP contribution in [0.4, 0.5) is 17.1 Å². The molecule has 57 heavy (non-hydrogen) atoms. The summed E-state index contributed by atoms with van der Waals surface area (Å²) >= 11 is 0. The molecular weight excluding hydrogens is 715 g/mol. The molecule has 4 N–H and O–H groups in total. The third-order valence-corrected chi connectivity index (χ3v) is 11.4. The molecule has 2 unspecified atom stereocenters. The van der Waals surface area contributed by atoms with Gasteiger partial charge < -0.3 is 25.3 Å². The Balaban J connectivity index is 1.31. The van der Waals surface area contributed by atoms with Gasteiger partial charge in [-0.25, -0.2) is 4.79 Å². The first-order chi connectivity index (χ1) is 27.7. The average molecular weight is 748 g/mol. The van der Waals surface area contributed by atoms with Crippen LogP contribution in [-0.4, -0.2) is 38.2 Å². The summed E-state index contributed by atoms with van der Waals surface area (Å²) in [7, 11) is 1.90. The van der Waals surface area contributed by atoms with Crippen molar-refractivity contribution in [1.82, 2.24) is 9.55 Å². The number of aromatic amines is 1. The molecule has 6 aromatic carbocycles. The lowest BCUT2D eigenvalue weighted by molar-refractivity contribution is -0.149. The van der Waals surface area contributed by atoms with Crippen molar-refractivity contribution in [2.75, 3.05) is 9.80 Å². The minimum atomic E-state index is -1.67. The van der Waals surface area contributed by atoms with Gasteiger partial charge in [0, 0.05) is 69.2 Å². The second kappa shape index (κ2) is 12.7. The van der Waals surface area contributed by atoms with Gasteiger partial charge in [-0.1, -0.05) is 103 Å². The van der Waals surface area contributed by atoms with Crippen LogP contribution in [0.15, 0.2) is 146 Å². The van der Waals surface area contributed by atoms with Gasteiger partial charge in [-0.2, -0.15) is 0 Å². The van der Waals surface area contributed by atoms with E-state index >= 15 is 0 Å². The predicted molar refractivity (Wildman–Crippen MR) is 219 cm³/mol. The molecule has 276 valence electrons. The van der Waals surface area contributed by atoms with Crippen molar-refractivity contribution in [3.8, 4) is 22.3 Å². The van der Waals surface area contributed by atoms with Crippen LogP contribution < -0.4 is 15.5 Å². The minimum absolute atomic E-state index is 0.0361. The van der Waals surface area contributed by atoms with Gasteiger partial charge in [0.2, 0.25) is 0 Å². The Morgan fingerprint density at radius 2 is 1.23 bits per heavy atom. The van der Waals surface area contributed by atoms with Crippen LogP contribution in [0.5, 0.6) is 0 Å². The first-order valence-electron chi connectivity index (χ1n) is 18.5. The lowest BCUT2D eigenvalue weighted by atomic mass is 9.80. The summed E-state index contributed by atoms with van der Waals surface area (Å²) in [4.78, 5) is 61.6. The molecular formula is C47H33N5O5. The highest BCUT2D eigenvalue weighted by atomic mass is 16.4. The zero-order valence-electron chi connectivity index (χ0n) is 30.5. The maximum absolute atomic E-state index is 14.7. The van der Waals surface area contributed by atoms with Crippen LogP contribution in [0.1, 0.15) is 44.7 Å². The Kier molecular flexibility index (Phi) is 7.52. The van der Waals surface area contributed by atoms with E-state index in [0.717, 1.165) is 49.7 Å². The van der Waals surface area contributed by atoms with E-state index in [1.54, 1.807) is 12.1 Å². The Morgan fingerprint density at radius 1 is 0.614 bits per heavy atom. The van der Waals surface area contributed by atoms with Crippen LogP contribution in [0.2, 0.25) is 0 Å². The van der Waals surface area contributed by atoms with Crippen molar-refractivity contribution < 1.29 is 24.3 Å². The van der Waals surface area contributed by atoms with Crippen LogP contribution in [0.25, 0.3) is 44.1 Å². The molecule has 0 fully saturated rings. The summed E-state index contributed by atoms with van der Waals surface area (Å²) in [6, 6.07) is 41.0. The number of benzene rings is 6. The Bertz CT molecular complexity index is 3030. The number of para-hydroxylation sites is 3. The van der Waals surface area contributed by atoms with Crippen LogP contribution >= 0.6 is 0 Å². The maximum Gasteiger partial charge on any atom is 0.395 e. The van der Waals surface area contributed by atoms with Gasteiger partial charge in [-0.15, -0.1) is 0 Å². The number of amides is 2. The number of nitrogens with two attached hydrogens (primary N) is 1. The summed E-state index contributed by atoms with van der Waals surface area (Å²) in [5, 5.41) is 12.2. The number of ketones is 1. The molecule has 2 aliphatic rings. The maximum atomic E-state index is 14.7. The molecule has 2 amide bonds. The number of rotatable bonds is 5. The lowest BCUT2D eigenvalue weighted by Gasteiger charge is -2.43. The zero-order valence-corrected chi connectivity index (χ0v) is 30.5. The molecule has 0 saturated heterocycles. The van der Waals surface area contributed by atoms with Crippen molar-refractivity contribution >= 4 is 62.4 Å². The molecule has 10 heteroatoms. The standard InChI is InChI=1S/C47H33N5O5/c1-50-25-34(29-15-7-10-20-36(29)50)43-32-18-5-3-16-30(32)40-38(52(43)46(55)47(56)57)22-23-39(41(40)44(53)45(48)54)51-37-21-11-8-14-28(37)26-12-2-4-17-31(26)42(51)33-24-49-35-19-9-6-13-27(33)35/h2-25,42-43,49H,1H3,(H2,48,54)(H,56,57). The van der Waals surface area contributed by atoms with Gasteiger partial charge >= 0.3 is 11.9 Å². The van der Waals surface area contributed by atoms with E-state index < -0.39 is 35.7 Å². The van der Waals surface area contributed by atoms with Crippen LogP contribution in [-0.2, 0) is 21.4 Å². The Labute approximate surface area is 326 Å². The Morgan fingerprint density at radius 3 is 1.98 bits per heavy atom. The van der Waals surface area contributed by atoms with Crippen molar-refractivity contribution in [3.63, 3.8) is 0 Å². The van der Waals surface area contributed by atoms with E-state index in [1.165, 1.54) is 4.90 Å². The monoisotopic (exact) mass is 747 g/mol. The number of carbonyl (C=O) groups excluding carboxylic acids is 3. The number of nitrogens with zero attached hydrogens (tertiary/aromatic N) is 3. The fourth-order valence-corrected chi connectivity index (χ4v) is 9.14. The van der Waals surface area contributed by atoms with Crippen molar-refractivity contribution in [2.45, 2.75) is 12.1 Å². The number of hydrogen-bond donors (Lipinski definition) is 3. The molecule has 2 aliphatic heterocycles. The summed E-state index contributed by atoms with van der Waals surface area (Å²) in [6.07, 6.45) is 3.87. The lowest BCUT2D eigenvalue weighted by Crippen LogP contribution is -2.43. The molecule has 10 rings (SSSR count). The normalized spacial score (nSPS) is 15.5. The summed E-state index contributed by atoms with van der Waals surface area (Å²) in [5.74, 6) is -5.03. The number of primary amides is 1. The molecule has 2 atom stereocenters. The first-order valence-corrected chi connectivity index (χ1v) is 18.5. The van der Waals surface area contributed by atoms with E-state index in [1.807, 2.05) is 133 Å². The van der Waals surface area contributed by atoms with E-state index in [4.69, 9.17) is 5.73 Å². The fraction of sp³-hybridized carbons (Fsp3) is 0.0638. The Hall–Kier alpha value is -7.72. The number of hydrogen-bond acceptors (Lipinski definition) is 5. The predicted octanol–water partition coefficient (Wildman–Crippen LogP) is 8.42. The van der Waals surface area contributed by atoms with Crippen molar-refractivity contribution in [3.05, 3.63) is 174 Å². The highest BCUT2D eigenvalue weighted by molar-refractivity contribution is 6.46. The number of Topliss-reactive ketones (excluding diaryl/α,β-unsaturated/α-hetero) is 1. The number of aromatic nitrogens is 2. The van der Waals surface area contributed by atoms with Gasteiger partial charge in [0.1, 0.15) is 0 Å². The SMILES string of the molecule is Cn1cc(C2c3ccccc3-c3c(ccc(N4c5ccccc5-c5ccccc5C4c4c[nH]c5ccccc45)c3C(=O)C(N)=O)N2C(=O)C(=O)O)c2ccccc21. The summed E-state index contributed by atoms with van der Waals surface area (Å²) in [5.41, 5.74) is 15.0. The number of fused-ring (bicyclic) bond motifs is 8. The molecule has 8 aromatic rings. The molecule has 0 aliphatic carbocycles. The number of carboxylic acids is 1. The molecule has 4 heterocycles. The van der Waals surface area contributed by atoms with Crippen molar-refractivity contribution in [1.29, 1.82) is 0 Å². The van der Waals surface area contributed by atoms with Gasteiger partial charge in [0.25, 0.3) is 11.7 Å². The fourth-order valence-electron chi connectivity index (χ4n) is 9.14. The molecule has 2 aromatic heterocycles. The molecule has 0 spiro atoms. The number of H-pyrrole nitrogens is 1. The molecule has 0 bridgehead atoms. The number of aryl methyl sites for hydroxylation is 1. The number of carboxylic acid groups (broad SMARTS) is 1. The summed E-state index contributed by atoms with van der Waals surface area (Å²) < 4.78 is 1.94. The van der Waals surface area contributed by atoms with Crippen molar-refractivity contribution in [2.24, 2.45) is 12.8 Å². The minimum Gasteiger partial charge on any atom is -0.474 e. The van der Waals surface area contributed by atoms with E-state index in [0.29, 0.717) is 22.4 Å². The average Bonchev–Trinajstić information content (AvgIpc) is 3.82. The van der Waals surface area contributed by atoms with Crippen LogP contribution in [0, 0.1) is 0 Å². The largest absolute Gasteiger partial charge is 0.474 e. The molecule has 0 saturated carbocycles.